The average molecular weight is 466 g/mol. The summed E-state index contributed by atoms with van der Waals surface area (Å²) in [5.41, 5.74) is -0.617. The predicted molar refractivity (Wildman–Crippen MR) is 118 cm³/mol. The normalized spacial score (nSPS) is 21.7. The van der Waals surface area contributed by atoms with Crippen LogP contribution in [0.3, 0.4) is 0 Å². The number of rotatable bonds is 6. The second-order valence-electron chi connectivity index (χ2n) is 7.73. The van der Waals surface area contributed by atoms with Crippen molar-refractivity contribution in [3.63, 3.8) is 0 Å². The van der Waals surface area contributed by atoms with E-state index in [1.807, 2.05) is 0 Å². The molecule has 0 bridgehead atoms. The molecule has 1 aliphatic heterocycles. The quantitative estimate of drug-likeness (QED) is 0.517. The lowest BCUT2D eigenvalue weighted by atomic mass is 10.1. The van der Waals surface area contributed by atoms with Gasteiger partial charge in [0, 0.05) is 11.8 Å². The standard InChI is InChI=1S/C24H22N2O8/c1-14-12-26(24(31)25-20(14)28)21-18(27)19(34-23(30)16-10-6-3-7-11-16)17(33-21)13-32-22(29)15-8-4-2-5-9-15/h2-12,17-19,21,27H,13H2,1H3,(H,25,28,31)/t17-,18-,19+,21-/m1/s1. The van der Waals surface area contributed by atoms with Gasteiger partial charge in [0.15, 0.2) is 12.3 Å². The summed E-state index contributed by atoms with van der Waals surface area (Å²) in [4.78, 5) is 51.3. The van der Waals surface area contributed by atoms with Crippen LogP contribution < -0.4 is 11.2 Å². The number of nitrogens with zero attached hydrogens (tertiary/aromatic N) is 1. The van der Waals surface area contributed by atoms with Gasteiger partial charge in [-0.15, -0.1) is 0 Å². The number of H-pyrrole nitrogens is 1. The second-order valence-corrected chi connectivity index (χ2v) is 7.73. The SMILES string of the molecule is Cc1cn([C@@H]2O[C@H](COC(=O)c3ccccc3)[C@H](OC(=O)c3ccccc3)[C@H]2O)c(=O)[nH]c1=O. The number of hydrogen-bond donors (Lipinski definition) is 2. The minimum absolute atomic E-state index is 0.215. The van der Waals surface area contributed by atoms with Crippen molar-refractivity contribution in [1.82, 2.24) is 9.55 Å². The first-order chi connectivity index (χ1) is 16.3. The fourth-order valence-corrected chi connectivity index (χ4v) is 3.59. The summed E-state index contributed by atoms with van der Waals surface area (Å²) >= 11 is 0. The van der Waals surface area contributed by atoms with E-state index in [1.54, 1.807) is 60.7 Å². The molecule has 0 aliphatic carbocycles. The van der Waals surface area contributed by atoms with Gasteiger partial charge in [-0.05, 0) is 31.2 Å². The Morgan fingerprint density at radius 1 is 1.00 bits per heavy atom. The average Bonchev–Trinajstić information content (AvgIpc) is 3.15. The molecule has 4 rings (SSSR count). The highest BCUT2D eigenvalue weighted by Gasteiger charge is 2.48. The van der Waals surface area contributed by atoms with Gasteiger partial charge >= 0.3 is 17.6 Å². The van der Waals surface area contributed by atoms with Crippen LogP contribution in [-0.4, -0.2) is 51.5 Å². The predicted octanol–water partition coefficient (Wildman–Crippen LogP) is 1.19. The van der Waals surface area contributed by atoms with Crippen molar-refractivity contribution in [2.24, 2.45) is 0 Å². The lowest BCUT2D eigenvalue weighted by molar-refractivity contribution is -0.0614. The Morgan fingerprint density at radius 3 is 2.21 bits per heavy atom. The van der Waals surface area contributed by atoms with E-state index in [0.717, 1.165) is 4.57 Å². The van der Waals surface area contributed by atoms with Crippen LogP contribution in [0.2, 0.25) is 0 Å². The third-order valence-corrected chi connectivity index (χ3v) is 5.37. The molecule has 0 saturated carbocycles. The monoisotopic (exact) mass is 466 g/mol. The maximum atomic E-state index is 12.6. The summed E-state index contributed by atoms with van der Waals surface area (Å²) in [6.07, 6.45) is -3.89. The number of hydrogen-bond acceptors (Lipinski definition) is 8. The highest BCUT2D eigenvalue weighted by Crippen LogP contribution is 2.31. The maximum Gasteiger partial charge on any atom is 0.338 e. The molecular formula is C24H22N2O8. The number of benzene rings is 2. The zero-order valence-electron chi connectivity index (χ0n) is 18.1. The van der Waals surface area contributed by atoms with Crippen molar-refractivity contribution in [2.45, 2.75) is 31.5 Å². The van der Waals surface area contributed by atoms with Crippen LogP contribution in [0, 0.1) is 6.92 Å². The van der Waals surface area contributed by atoms with Gasteiger partial charge < -0.3 is 19.3 Å². The van der Waals surface area contributed by atoms with Crippen LogP contribution in [0.4, 0.5) is 0 Å². The number of ether oxygens (including phenoxy) is 3. The lowest BCUT2D eigenvalue weighted by Gasteiger charge is -2.21. The number of aromatic amines is 1. The van der Waals surface area contributed by atoms with Crippen LogP contribution >= 0.6 is 0 Å². The van der Waals surface area contributed by atoms with Crippen LogP contribution in [0.5, 0.6) is 0 Å². The van der Waals surface area contributed by atoms with Crippen LogP contribution in [0.25, 0.3) is 0 Å². The molecular weight excluding hydrogens is 444 g/mol. The molecule has 0 radical (unpaired) electrons. The van der Waals surface area contributed by atoms with Gasteiger partial charge in [0.2, 0.25) is 0 Å². The molecule has 10 nitrogen and oxygen atoms in total. The highest BCUT2D eigenvalue weighted by molar-refractivity contribution is 5.90. The first-order valence-corrected chi connectivity index (χ1v) is 10.5. The Balaban J connectivity index is 1.59. The summed E-state index contributed by atoms with van der Waals surface area (Å²) in [6.45, 7) is 1.13. The molecule has 176 valence electrons. The lowest BCUT2D eigenvalue weighted by Crippen LogP contribution is -2.40. The molecule has 0 amide bonds. The van der Waals surface area contributed by atoms with E-state index in [4.69, 9.17) is 14.2 Å². The summed E-state index contributed by atoms with van der Waals surface area (Å²) in [6, 6.07) is 16.4. The van der Waals surface area contributed by atoms with Crippen molar-refractivity contribution in [3.8, 4) is 0 Å². The summed E-state index contributed by atoms with van der Waals surface area (Å²) in [5, 5.41) is 10.9. The Morgan fingerprint density at radius 2 is 1.59 bits per heavy atom. The number of carbonyl (C=O) groups excluding carboxylic acids is 2. The third kappa shape index (κ3) is 4.82. The molecule has 10 heteroatoms. The Kier molecular flexibility index (Phi) is 6.71. The topological polar surface area (TPSA) is 137 Å². The Labute approximate surface area is 193 Å². The number of esters is 2. The first kappa shape index (κ1) is 23.1. The van der Waals surface area contributed by atoms with Gasteiger partial charge in [-0.1, -0.05) is 36.4 Å². The van der Waals surface area contributed by atoms with Gasteiger partial charge in [-0.25, -0.2) is 14.4 Å². The number of aliphatic hydroxyl groups is 1. The van der Waals surface area contributed by atoms with E-state index in [2.05, 4.69) is 4.98 Å². The van der Waals surface area contributed by atoms with E-state index in [1.165, 1.54) is 13.1 Å². The van der Waals surface area contributed by atoms with Gasteiger partial charge in [-0.2, -0.15) is 0 Å². The van der Waals surface area contributed by atoms with Gasteiger partial charge in [-0.3, -0.25) is 14.3 Å². The van der Waals surface area contributed by atoms with Crippen LogP contribution in [0.1, 0.15) is 32.5 Å². The van der Waals surface area contributed by atoms with E-state index in [-0.39, 0.29) is 17.7 Å². The number of aryl methyl sites for hydroxylation is 1. The number of aliphatic hydroxyl groups excluding tert-OH is 1. The molecule has 0 spiro atoms. The summed E-state index contributed by atoms with van der Waals surface area (Å²) < 4.78 is 17.6. The van der Waals surface area contributed by atoms with Crippen molar-refractivity contribution in [3.05, 3.63) is 104 Å². The molecule has 2 N–H and O–H groups in total. The Bertz CT molecular complexity index is 1290. The third-order valence-electron chi connectivity index (χ3n) is 5.37. The number of carbonyl (C=O) groups is 2. The molecule has 1 fully saturated rings. The van der Waals surface area contributed by atoms with Gasteiger partial charge in [0.25, 0.3) is 5.56 Å². The maximum absolute atomic E-state index is 12.6. The molecule has 3 aromatic rings. The molecule has 1 aromatic heterocycles. The minimum atomic E-state index is -1.49. The van der Waals surface area contributed by atoms with Crippen molar-refractivity contribution >= 4 is 11.9 Å². The Hall–Kier alpha value is -4.02. The van der Waals surface area contributed by atoms with Gasteiger partial charge in [0.1, 0.15) is 18.8 Å². The molecule has 4 atom stereocenters. The number of aromatic nitrogens is 2. The smallest absolute Gasteiger partial charge is 0.338 e. The number of nitrogens with one attached hydrogen (secondary N) is 1. The van der Waals surface area contributed by atoms with Crippen LogP contribution in [-0.2, 0) is 14.2 Å². The molecule has 2 aromatic carbocycles. The first-order valence-electron chi connectivity index (χ1n) is 10.5. The van der Waals surface area contributed by atoms with Crippen molar-refractivity contribution < 1.29 is 28.9 Å². The molecule has 0 unspecified atom stereocenters. The van der Waals surface area contributed by atoms with E-state index >= 15 is 0 Å². The zero-order valence-corrected chi connectivity index (χ0v) is 18.1. The zero-order chi connectivity index (χ0) is 24.2. The van der Waals surface area contributed by atoms with Crippen LogP contribution in [0.15, 0.2) is 76.4 Å². The van der Waals surface area contributed by atoms with Gasteiger partial charge in [0.05, 0.1) is 11.1 Å². The second kappa shape index (κ2) is 9.86. The molecule has 2 heterocycles. The largest absolute Gasteiger partial charge is 0.459 e. The fourth-order valence-electron chi connectivity index (χ4n) is 3.59. The van der Waals surface area contributed by atoms with E-state index < -0.39 is 47.7 Å². The van der Waals surface area contributed by atoms with E-state index in [9.17, 15) is 24.3 Å². The highest BCUT2D eigenvalue weighted by atomic mass is 16.6. The summed E-state index contributed by atoms with van der Waals surface area (Å²) in [5.74, 6) is -1.36. The van der Waals surface area contributed by atoms with Crippen molar-refractivity contribution in [1.29, 1.82) is 0 Å². The molecule has 1 saturated heterocycles. The fraction of sp³-hybridized carbons (Fsp3) is 0.250. The molecule has 34 heavy (non-hydrogen) atoms. The molecule has 1 aliphatic rings. The van der Waals surface area contributed by atoms with E-state index in [0.29, 0.717) is 5.56 Å². The summed E-state index contributed by atoms with van der Waals surface area (Å²) in [7, 11) is 0. The minimum Gasteiger partial charge on any atom is -0.459 e. The van der Waals surface area contributed by atoms with Crippen molar-refractivity contribution in [2.75, 3.05) is 6.61 Å².